The third kappa shape index (κ3) is 3.01. The van der Waals surface area contributed by atoms with Gasteiger partial charge in [-0.05, 0) is 25.5 Å². The van der Waals surface area contributed by atoms with Gasteiger partial charge >= 0.3 is 5.97 Å². The van der Waals surface area contributed by atoms with Crippen molar-refractivity contribution in [1.29, 1.82) is 0 Å². The minimum atomic E-state index is -0.625. The van der Waals surface area contributed by atoms with Crippen molar-refractivity contribution in [2.45, 2.75) is 19.9 Å². The van der Waals surface area contributed by atoms with Crippen LogP contribution in [0.5, 0.6) is 0 Å². The number of nitrogens with one attached hydrogen (secondary N) is 1. The van der Waals surface area contributed by atoms with Crippen LogP contribution in [0.3, 0.4) is 0 Å². The van der Waals surface area contributed by atoms with Crippen molar-refractivity contribution in [2.24, 2.45) is 0 Å². The summed E-state index contributed by atoms with van der Waals surface area (Å²) in [6.07, 6.45) is 3.84. The average molecular weight is 311 g/mol. The molecule has 6 heteroatoms. The molecule has 0 amide bonds. The maximum atomic E-state index is 12.4. The third-order valence-corrected chi connectivity index (χ3v) is 3.62. The van der Waals surface area contributed by atoms with Crippen LogP contribution in [0, 0.1) is 0 Å². The van der Waals surface area contributed by atoms with Gasteiger partial charge in [0.1, 0.15) is 11.4 Å². The predicted molar refractivity (Wildman–Crippen MR) is 87.1 cm³/mol. The summed E-state index contributed by atoms with van der Waals surface area (Å²) in [6.45, 7) is 2.44. The molecule has 0 saturated heterocycles. The fourth-order valence-corrected chi connectivity index (χ4v) is 2.49. The van der Waals surface area contributed by atoms with Crippen LogP contribution in [0.2, 0.25) is 0 Å². The number of para-hydroxylation sites is 1. The molecule has 0 saturated carbocycles. The molecule has 3 rings (SSSR count). The number of ether oxygens (including phenoxy) is 1. The Morgan fingerprint density at radius 1 is 1.39 bits per heavy atom. The topological polar surface area (TPSA) is 73.2 Å². The lowest BCUT2D eigenvalue weighted by Gasteiger charge is -2.06. The van der Waals surface area contributed by atoms with Gasteiger partial charge in [0.05, 0.1) is 6.61 Å². The number of rotatable bonds is 4. The zero-order valence-corrected chi connectivity index (χ0v) is 12.8. The van der Waals surface area contributed by atoms with Gasteiger partial charge in [0.2, 0.25) is 0 Å². The van der Waals surface area contributed by atoms with Crippen molar-refractivity contribution in [3.63, 3.8) is 0 Å². The number of nitrogens with zero attached hydrogens (tertiary/aromatic N) is 2. The first-order valence-corrected chi connectivity index (χ1v) is 7.48. The summed E-state index contributed by atoms with van der Waals surface area (Å²) in [6, 6.07) is 9.74. The number of esters is 1. The fourth-order valence-electron chi connectivity index (χ4n) is 2.49. The minimum absolute atomic E-state index is 0.0205. The van der Waals surface area contributed by atoms with E-state index in [-0.39, 0.29) is 17.7 Å². The lowest BCUT2D eigenvalue weighted by Crippen LogP contribution is -2.27. The number of carbonyl (C=O) groups excluding carboxylic acids is 1. The summed E-state index contributed by atoms with van der Waals surface area (Å²) in [7, 11) is 0. The number of anilines is 1. The largest absolute Gasteiger partial charge is 0.462 e. The van der Waals surface area contributed by atoms with Gasteiger partial charge in [0.25, 0.3) is 5.56 Å². The van der Waals surface area contributed by atoms with E-state index in [1.165, 1.54) is 10.8 Å². The molecular formula is C17H17N3O3. The van der Waals surface area contributed by atoms with Gasteiger partial charge in [-0.1, -0.05) is 18.2 Å². The Labute approximate surface area is 133 Å². The van der Waals surface area contributed by atoms with Gasteiger partial charge in [0.15, 0.2) is 0 Å². The Morgan fingerprint density at radius 3 is 2.91 bits per heavy atom. The van der Waals surface area contributed by atoms with Gasteiger partial charge in [-0.3, -0.25) is 9.36 Å². The number of hydrogen-bond donors (Lipinski definition) is 1. The number of allylic oxidation sites excluding steroid dienone is 1. The molecule has 118 valence electrons. The Kier molecular flexibility index (Phi) is 4.23. The second-order valence-corrected chi connectivity index (χ2v) is 5.10. The summed E-state index contributed by atoms with van der Waals surface area (Å²) in [5.74, 6) is -0.0355. The molecule has 0 unspecified atom stereocenters. The van der Waals surface area contributed by atoms with E-state index in [1.54, 1.807) is 6.92 Å². The van der Waals surface area contributed by atoms with Crippen molar-refractivity contribution in [3.05, 3.63) is 64.5 Å². The van der Waals surface area contributed by atoms with Crippen LogP contribution in [-0.4, -0.2) is 22.1 Å². The molecule has 2 heterocycles. The number of benzene rings is 1. The summed E-state index contributed by atoms with van der Waals surface area (Å²) in [5, 5.41) is 3.20. The van der Waals surface area contributed by atoms with Crippen LogP contribution >= 0.6 is 0 Å². The summed E-state index contributed by atoms with van der Waals surface area (Å²) in [4.78, 5) is 28.4. The lowest BCUT2D eigenvalue weighted by molar-refractivity contribution is 0.0523. The molecule has 1 N–H and O–H groups in total. The fraction of sp³-hybridized carbons (Fsp3) is 0.235. The number of aromatic nitrogens is 2. The second-order valence-electron chi connectivity index (χ2n) is 5.10. The maximum Gasteiger partial charge on any atom is 0.345 e. The van der Waals surface area contributed by atoms with Crippen molar-refractivity contribution in [3.8, 4) is 0 Å². The molecule has 0 aliphatic carbocycles. The monoisotopic (exact) mass is 311 g/mol. The maximum absolute atomic E-state index is 12.4. The first-order valence-electron chi connectivity index (χ1n) is 7.48. The highest BCUT2D eigenvalue weighted by Gasteiger charge is 2.23. The van der Waals surface area contributed by atoms with Gasteiger partial charge in [-0.25, -0.2) is 9.78 Å². The first-order chi connectivity index (χ1) is 11.2. The van der Waals surface area contributed by atoms with Gasteiger partial charge in [0, 0.05) is 30.2 Å². The van der Waals surface area contributed by atoms with E-state index in [0.717, 1.165) is 11.3 Å². The standard InChI is InChI=1S/C17H17N3O3/c1-2-23-17(22)14-11-19-15-12(8-9-20(15)16(14)21)10-18-13-6-4-3-5-7-13/h3-7,10-11,18H,2,8-9H2,1H3. The third-order valence-electron chi connectivity index (χ3n) is 3.62. The smallest absolute Gasteiger partial charge is 0.345 e. The predicted octanol–water partition coefficient (Wildman–Crippen LogP) is 2.28. The van der Waals surface area contributed by atoms with Gasteiger partial charge in [-0.2, -0.15) is 0 Å². The summed E-state index contributed by atoms with van der Waals surface area (Å²) < 4.78 is 6.40. The number of carbonyl (C=O) groups is 1. The molecule has 1 aromatic heterocycles. The molecule has 2 aromatic rings. The molecular weight excluding hydrogens is 294 g/mol. The van der Waals surface area contributed by atoms with E-state index in [1.807, 2.05) is 36.5 Å². The van der Waals surface area contributed by atoms with Crippen molar-refractivity contribution >= 4 is 17.2 Å². The van der Waals surface area contributed by atoms with Crippen molar-refractivity contribution in [2.75, 3.05) is 11.9 Å². The van der Waals surface area contributed by atoms with Crippen LogP contribution in [0.25, 0.3) is 5.57 Å². The molecule has 0 atom stereocenters. The van der Waals surface area contributed by atoms with Crippen LogP contribution < -0.4 is 10.9 Å². The number of fused-ring (bicyclic) bond motifs is 1. The molecule has 0 bridgehead atoms. The van der Waals surface area contributed by atoms with E-state index in [2.05, 4.69) is 10.3 Å². The molecule has 1 aliphatic heterocycles. The normalized spacial score (nSPS) is 14.6. The molecule has 0 spiro atoms. The average Bonchev–Trinajstić information content (AvgIpc) is 2.98. The molecule has 1 aromatic carbocycles. The highest BCUT2D eigenvalue weighted by molar-refractivity contribution is 5.88. The van der Waals surface area contributed by atoms with Crippen LogP contribution in [-0.2, 0) is 11.3 Å². The van der Waals surface area contributed by atoms with Crippen molar-refractivity contribution < 1.29 is 9.53 Å². The van der Waals surface area contributed by atoms with Crippen LogP contribution in [0.4, 0.5) is 5.69 Å². The zero-order valence-electron chi connectivity index (χ0n) is 12.8. The molecule has 23 heavy (non-hydrogen) atoms. The number of hydrogen-bond acceptors (Lipinski definition) is 5. The van der Waals surface area contributed by atoms with Crippen LogP contribution in [0.15, 0.2) is 47.5 Å². The van der Waals surface area contributed by atoms with Crippen LogP contribution in [0.1, 0.15) is 29.5 Å². The SMILES string of the molecule is CCOC(=O)c1cnc2n(c1=O)CCC2=CNc1ccccc1. The summed E-state index contributed by atoms with van der Waals surface area (Å²) >= 11 is 0. The van der Waals surface area contributed by atoms with Gasteiger partial charge < -0.3 is 10.1 Å². The quantitative estimate of drug-likeness (QED) is 0.877. The van der Waals surface area contributed by atoms with E-state index in [9.17, 15) is 9.59 Å². The Balaban J connectivity index is 1.88. The highest BCUT2D eigenvalue weighted by Crippen LogP contribution is 2.23. The van der Waals surface area contributed by atoms with E-state index in [4.69, 9.17) is 4.74 Å². The molecule has 0 fully saturated rings. The Hall–Kier alpha value is -2.89. The Morgan fingerprint density at radius 2 is 2.17 bits per heavy atom. The lowest BCUT2D eigenvalue weighted by atomic mass is 10.2. The molecule has 0 radical (unpaired) electrons. The molecule has 1 aliphatic rings. The first kappa shape index (κ1) is 15.0. The van der Waals surface area contributed by atoms with E-state index in [0.29, 0.717) is 18.8 Å². The molecule has 6 nitrogen and oxygen atoms in total. The second kappa shape index (κ2) is 6.48. The van der Waals surface area contributed by atoms with E-state index < -0.39 is 5.97 Å². The highest BCUT2D eigenvalue weighted by atomic mass is 16.5. The van der Waals surface area contributed by atoms with Gasteiger partial charge in [-0.15, -0.1) is 0 Å². The van der Waals surface area contributed by atoms with Crippen molar-refractivity contribution in [1.82, 2.24) is 9.55 Å². The summed E-state index contributed by atoms with van der Waals surface area (Å²) in [5.41, 5.74) is 1.52. The zero-order chi connectivity index (χ0) is 16.2. The van der Waals surface area contributed by atoms with E-state index >= 15 is 0 Å². The minimum Gasteiger partial charge on any atom is -0.462 e. The Bertz CT molecular complexity index is 810.